The first-order valence-electron chi connectivity index (χ1n) is 4.76. The van der Waals surface area contributed by atoms with E-state index in [1.807, 2.05) is 0 Å². The summed E-state index contributed by atoms with van der Waals surface area (Å²) in [6.07, 6.45) is 0. The second kappa shape index (κ2) is 5.12. The SMILES string of the molecule is CC(C)C(=O)Nc1c(Br)cccc1C(=O)O. The predicted octanol–water partition coefficient (Wildman–Crippen LogP) is 2.74. The van der Waals surface area contributed by atoms with Crippen molar-refractivity contribution < 1.29 is 14.7 Å². The number of carboxylic acids is 1. The van der Waals surface area contributed by atoms with E-state index in [9.17, 15) is 9.59 Å². The van der Waals surface area contributed by atoms with Gasteiger partial charge in [-0.3, -0.25) is 4.79 Å². The Bertz CT molecular complexity index is 429. The molecule has 0 heterocycles. The van der Waals surface area contributed by atoms with E-state index in [0.717, 1.165) is 0 Å². The molecule has 1 amide bonds. The van der Waals surface area contributed by atoms with Gasteiger partial charge in [0.2, 0.25) is 5.91 Å². The van der Waals surface area contributed by atoms with E-state index in [1.54, 1.807) is 26.0 Å². The van der Waals surface area contributed by atoms with Crippen LogP contribution in [0.25, 0.3) is 0 Å². The molecule has 0 aliphatic rings. The zero-order valence-corrected chi connectivity index (χ0v) is 10.5. The number of benzene rings is 1. The number of anilines is 1. The predicted molar refractivity (Wildman–Crippen MR) is 64.6 cm³/mol. The number of para-hydroxylation sites is 1. The minimum atomic E-state index is -1.07. The summed E-state index contributed by atoms with van der Waals surface area (Å²) in [5.74, 6) is -1.48. The Morgan fingerprint density at radius 2 is 2.00 bits per heavy atom. The standard InChI is InChI=1S/C11H12BrNO3/c1-6(2)10(14)13-9-7(11(15)16)4-3-5-8(9)12/h3-6H,1-2H3,(H,13,14)(H,15,16). The van der Waals surface area contributed by atoms with Gasteiger partial charge in [-0.1, -0.05) is 19.9 Å². The van der Waals surface area contributed by atoms with E-state index >= 15 is 0 Å². The van der Waals surface area contributed by atoms with Crippen molar-refractivity contribution >= 4 is 33.5 Å². The molecule has 16 heavy (non-hydrogen) atoms. The van der Waals surface area contributed by atoms with E-state index in [1.165, 1.54) is 6.07 Å². The van der Waals surface area contributed by atoms with E-state index in [-0.39, 0.29) is 17.4 Å². The molecule has 0 aromatic heterocycles. The minimum Gasteiger partial charge on any atom is -0.478 e. The molecule has 86 valence electrons. The van der Waals surface area contributed by atoms with Gasteiger partial charge in [0, 0.05) is 10.4 Å². The normalized spacial score (nSPS) is 10.2. The highest BCUT2D eigenvalue weighted by molar-refractivity contribution is 9.10. The Hall–Kier alpha value is -1.36. The van der Waals surface area contributed by atoms with Gasteiger partial charge < -0.3 is 10.4 Å². The Morgan fingerprint density at radius 3 is 2.50 bits per heavy atom. The van der Waals surface area contributed by atoms with Gasteiger partial charge in [-0.25, -0.2) is 4.79 Å². The molecule has 1 rings (SSSR count). The summed E-state index contributed by atoms with van der Waals surface area (Å²) in [5.41, 5.74) is 0.372. The minimum absolute atomic E-state index is 0.0726. The van der Waals surface area contributed by atoms with Crippen molar-refractivity contribution in [2.75, 3.05) is 5.32 Å². The van der Waals surface area contributed by atoms with Crippen LogP contribution in [-0.2, 0) is 4.79 Å². The van der Waals surface area contributed by atoms with E-state index in [4.69, 9.17) is 5.11 Å². The molecule has 0 bridgehead atoms. The zero-order chi connectivity index (χ0) is 12.3. The first-order chi connectivity index (χ1) is 7.43. The maximum atomic E-state index is 11.5. The van der Waals surface area contributed by atoms with Crippen molar-refractivity contribution in [2.24, 2.45) is 5.92 Å². The molecule has 5 heteroatoms. The summed E-state index contributed by atoms with van der Waals surface area (Å²) in [7, 11) is 0. The van der Waals surface area contributed by atoms with Gasteiger partial charge in [0.1, 0.15) is 0 Å². The van der Waals surface area contributed by atoms with Gasteiger partial charge >= 0.3 is 5.97 Å². The molecule has 0 aliphatic heterocycles. The van der Waals surface area contributed by atoms with Gasteiger partial charge in [0.05, 0.1) is 11.3 Å². The van der Waals surface area contributed by atoms with Crippen LogP contribution in [0.2, 0.25) is 0 Å². The molecule has 0 aliphatic carbocycles. The number of amides is 1. The number of halogens is 1. The van der Waals surface area contributed by atoms with Crippen LogP contribution in [0, 0.1) is 5.92 Å². The number of carboxylic acid groups (broad SMARTS) is 1. The average Bonchev–Trinajstić information content (AvgIpc) is 2.20. The third-order valence-electron chi connectivity index (χ3n) is 2.02. The lowest BCUT2D eigenvalue weighted by Gasteiger charge is -2.12. The molecular weight excluding hydrogens is 274 g/mol. The molecule has 0 saturated carbocycles. The zero-order valence-electron chi connectivity index (χ0n) is 8.95. The van der Waals surface area contributed by atoms with Crippen LogP contribution in [0.15, 0.2) is 22.7 Å². The van der Waals surface area contributed by atoms with Crippen molar-refractivity contribution in [1.29, 1.82) is 0 Å². The quantitative estimate of drug-likeness (QED) is 0.897. The van der Waals surface area contributed by atoms with Gasteiger partial charge in [0.15, 0.2) is 0 Å². The monoisotopic (exact) mass is 285 g/mol. The van der Waals surface area contributed by atoms with Crippen LogP contribution in [0.4, 0.5) is 5.69 Å². The van der Waals surface area contributed by atoms with Gasteiger partial charge in [0.25, 0.3) is 0 Å². The molecule has 0 atom stereocenters. The average molecular weight is 286 g/mol. The fourth-order valence-corrected chi connectivity index (χ4v) is 1.56. The fraction of sp³-hybridized carbons (Fsp3) is 0.273. The van der Waals surface area contributed by atoms with Crippen LogP contribution < -0.4 is 5.32 Å². The van der Waals surface area contributed by atoms with Crippen LogP contribution in [0.1, 0.15) is 24.2 Å². The van der Waals surface area contributed by atoms with Crippen molar-refractivity contribution in [1.82, 2.24) is 0 Å². The molecule has 4 nitrogen and oxygen atoms in total. The number of carbonyl (C=O) groups excluding carboxylic acids is 1. The third kappa shape index (κ3) is 2.82. The molecule has 2 N–H and O–H groups in total. The van der Waals surface area contributed by atoms with Crippen molar-refractivity contribution in [3.05, 3.63) is 28.2 Å². The van der Waals surface area contributed by atoms with E-state index in [0.29, 0.717) is 10.2 Å². The Balaban J connectivity index is 3.11. The molecule has 0 radical (unpaired) electrons. The number of rotatable bonds is 3. The largest absolute Gasteiger partial charge is 0.478 e. The smallest absolute Gasteiger partial charge is 0.337 e. The summed E-state index contributed by atoms with van der Waals surface area (Å²) < 4.78 is 0.557. The molecule has 1 aromatic carbocycles. The van der Waals surface area contributed by atoms with Gasteiger partial charge in [-0.05, 0) is 28.1 Å². The maximum absolute atomic E-state index is 11.5. The van der Waals surface area contributed by atoms with Crippen molar-refractivity contribution in [2.45, 2.75) is 13.8 Å². The lowest BCUT2D eigenvalue weighted by atomic mass is 10.1. The van der Waals surface area contributed by atoms with Gasteiger partial charge in [-0.15, -0.1) is 0 Å². The summed E-state index contributed by atoms with van der Waals surface area (Å²) in [4.78, 5) is 22.5. The summed E-state index contributed by atoms with van der Waals surface area (Å²) in [6.45, 7) is 3.49. The van der Waals surface area contributed by atoms with E-state index in [2.05, 4.69) is 21.2 Å². The molecular formula is C11H12BrNO3. The molecule has 0 saturated heterocycles. The second-order valence-electron chi connectivity index (χ2n) is 3.61. The van der Waals surface area contributed by atoms with Crippen LogP contribution >= 0.6 is 15.9 Å². The Kier molecular flexibility index (Phi) is 4.06. The Morgan fingerprint density at radius 1 is 1.38 bits per heavy atom. The fourth-order valence-electron chi connectivity index (χ4n) is 1.10. The molecule has 1 aromatic rings. The highest BCUT2D eigenvalue weighted by atomic mass is 79.9. The number of aromatic carboxylic acids is 1. The molecule has 0 fully saturated rings. The van der Waals surface area contributed by atoms with Crippen molar-refractivity contribution in [3.8, 4) is 0 Å². The number of hydrogen-bond donors (Lipinski definition) is 2. The number of hydrogen-bond acceptors (Lipinski definition) is 2. The lowest BCUT2D eigenvalue weighted by molar-refractivity contribution is -0.118. The summed E-state index contributed by atoms with van der Waals surface area (Å²) in [5, 5.41) is 11.6. The second-order valence-corrected chi connectivity index (χ2v) is 4.47. The van der Waals surface area contributed by atoms with Crippen LogP contribution in [0.3, 0.4) is 0 Å². The first kappa shape index (κ1) is 12.7. The lowest BCUT2D eigenvalue weighted by Crippen LogP contribution is -2.20. The summed E-state index contributed by atoms with van der Waals surface area (Å²) in [6, 6.07) is 4.74. The molecule has 0 spiro atoms. The Labute approximate surface area is 102 Å². The number of nitrogens with one attached hydrogen (secondary N) is 1. The van der Waals surface area contributed by atoms with Crippen molar-refractivity contribution in [3.63, 3.8) is 0 Å². The summed E-state index contributed by atoms with van der Waals surface area (Å²) >= 11 is 3.21. The van der Waals surface area contributed by atoms with Crippen LogP contribution in [-0.4, -0.2) is 17.0 Å². The van der Waals surface area contributed by atoms with Gasteiger partial charge in [-0.2, -0.15) is 0 Å². The third-order valence-corrected chi connectivity index (χ3v) is 2.68. The molecule has 0 unspecified atom stereocenters. The van der Waals surface area contributed by atoms with Crippen LogP contribution in [0.5, 0.6) is 0 Å². The number of carbonyl (C=O) groups is 2. The maximum Gasteiger partial charge on any atom is 0.337 e. The highest BCUT2D eigenvalue weighted by Crippen LogP contribution is 2.26. The van der Waals surface area contributed by atoms with E-state index < -0.39 is 5.97 Å². The first-order valence-corrected chi connectivity index (χ1v) is 5.55. The topological polar surface area (TPSA) is 66.4 Å². The highest BCUT2D eigenvalue weighted by Gasteiger charge is 2.16.